The molecule has 0 radical (unpaired) electrons. The van der Waals surface area contributed by atoms with Crippen LogP contribution >= 0.6 is 0 Å². The second-order valence-electron chi connectivity index (χ2n) is 5.47. The van der Waals surface area contributed by atoms with Crippen LogP contribution in [0.3, 0.4) is 0 Å². The predicted molar refractivity (Wildman–Crippen MR) is 78.2 cm³/mol. The molecule has 0 saturated heterocycles. The van der Waals surface area contributed by atoms with Gasteiger partial charge in [-0.15, -0.1) is 0 Å². The van der Waals surface area contributed by atoms with E-state index in [0.717, 1.165) is 5.56 Å². The number of nitrogens with zero attached hydrogens (tertiary/aromatic N) is 4. The Morgan fingerprint density at radius 3 is 2.82 bits per heavy atom. The number of amides is 1. The summed E-state index contributed by atoms with van der Waals surface area (Å²) in [5.41, 5.74) is 2.66. The van der Waals surface area contributed by atoms with Gasteiger partial charge in [-0.3, -0.25) is 4.79 Å². The molecule has 0 saturated carbocycles. The summed E-state index contributed by atoms with van der Waals surface area (Å²) in [4.78, 5) is 18.1. The summed E-state index contributed by atoms with van der Waals surface area (Å²) in [6.07, 6.45) is 1.31. The zero-order valence-electron chi connectivity index (χ0n) is 12.6. The molecule has 7 heteroatoms. The van der Waals surface area contributed by atoms with Crippen molar-refractivity contribution in [3.8, 4) is 0 Å². The molecular weight excluding hydrogens is 284 g/mol. The Bertz CT molecular complexity index is 806. The smallest absolute Gasteiger partial charge is 0.276 e. The highest BCUT2D eigenvalue weighted by atomic mass is 16.6. The van der Waals surface area contributed by atoms with Gasteiger partial charge >= 0.3 is 0 Å². The molecule has 0 aliphatic carbocycles. The molecule has 3 rings (SSSR count). The van der Waals surface area contributed by atoms with E-state index in [1.807, 2.05) is 32.0 Å². The minimum absolute atomic E-state index is 0.104. The van der Waals surface area contributed by atoms with Crippen molar-refractivity contribution in [2.75, 3.05) is 7.05 Å². The van der Waals surface area contributed by atoms with Gasteiger partial charge in [-0.25, -0.2) is 9.61 Å². The molecule has 22 heavy (non-hydrogen) atoms. The molecule has 0 aliphatic heterocycles. The quantitative estimate of drug-likeness (QED) is 0.736. The van der Waals surface area contributed by atoms with Gasteiger partial charge in [-0.05, 0) is 28.0 Å². The van der Waals surface area contributed by atoms with Crippen LogP contribution < -0.4 is 0 Å². The number of hydrogen-bond donors (Lipinski definition) is 0. The zero-order valence-corrected chi connectivity index (χ0v) is 12.6. The first-order chi connectivity index (χ1) is 10.6. The molecule has 0 bridgehead atoms. The van der Waals surface area contributed by atoms with Crippen LogP contribution in [0.25, 0.3) is 11.0 Å². The van der Waals surface area contributed by atoms with E-state index in [-0.39, 0.29) is 11.8 Å². The first-order valence-electron chi connectivity index (χ1n) is 6.96. The van der Waals surface area contributed by atoms with E-state index in [0.29, 0.717) is 29.0 Å². The highest BCUT2D eigenvalue weighted by Crippen LogP contribution is 2.20. The molecule has 2 aromatic heterocycles. The van der Waals surface area contributed by atoms with Gasteiger partial charge in [0.1, 0.15) is 16.8 Å². The van der Waals surface area contributed by atoms with E-state index in [1.54, 1.807) is 11.9 Å². The van der Waals surface area contributed by atoms with Crippen LogP contribution in [-0.2, 0) is 6.54 Å². The number of fused-ring (bicyclic) bond motifs is 1. The van der Waals surface area contributed by atoms with Gasteiger partial charge in [-0.2, -0.15) is 0 Å². The molecule has 1 aromatic carbocycles. The number of oxazole rings is 1. The van der Waals surface area contributed by atoms with Crippen LogP contribution in [0.5, 0.6) is 0 Å². The highest BCUT2D eigenvalue weighted by Gasteiger charge is 2.22. The minimum atomic E-state index is -0.171. The molecule has 0 atom stereocenters. The fraction of sp³-hybridized carbons (Fsp3) is 0.333. The third kappa shape index (κ3) is 2.57. The Labute approximate surface area is 126 Å². The maximum Gasteiger partial charge on any atom is 0.276 e. The Morgan fingerprint density at radius 1 is 1.27 bits per heavy atom. The number of benzene rings is 1. The van der Waals surface area contributed by atoms with Crippen molar-refractivity contribution >= 4 is 16.9 Å². The fourth-order valence-corrected chi connectivity index (χ4v) is 2.28. The van der Waals surface area contributed by atoms with E-state index in [9.17, 15) is 4.79 Å². The van der Waals surface area contributed by atoms with Crippen LogP contribution in [0.1, 0.15) is 41.6 Å². The lowest BCUT2D eigenvalue weighted by Gasteiger charge is -2.16. The van der Waals surface area contributed by atoms with Gasteiger partial charge in [0.25, 0.3) is 5.91 Å². The van der Waals surface area contributed by atoms with Crippen LogP contribution in [0, 0.1) is 0 Å². The number of rotatable bonds is 4. The molecule has 0 spiro atoms. The zero-order chi connectivity index (χ0) is 15.7. The fourth-order valence-electron chi connectivity index (χ4n) is 2.28. The maximum absolute atomic E-state index is 12.5. The average molecular weight is 300 g/mol. The molecule has 0 aliphatic rings. The van der Waals surface area contributed by atoms with Crippen LogP contribution in [0.4, 0.5) is 0 Å². The van der Waals surface area contributed by atoms with Crippen molar-refractivity contribution in [1.82, 2.24) is 20.2 Å². The maximum atomic E-state index is 12.5. The molecule has 0 N–H and O–H groups in total. The second-order valence-corrected chi connectivity index (χ2v) is 5.47. The van der Waals surface area contributed by atoms with Crippen molar-refractivity contribution in [3.63, 3.8) is 0 Å². The third-order valence-corrected chi connectivity index (χ3v) is 3.41. The summed E-state index contributed by atoms with van der Waals surface area (Å²) < 4.78 is 9.98. The Kier molecular flexibility index (Phi) is 3.62. The largest absolute Gasteiger partial charge is 0.447 e. The van der Waals surface area contributed by atoms with E-state index in [1.165, 1.54) is 6.39 Å². The Balaban J connectivity index is 1.79. The summed E-state index contributed by atoms with van der Waals surface area (Å²) in [5.74, 6) is 0.538. The van der Waals surface area contributed by atoms with E-state index < -0.39 is 0 Å². The van der Waals surface area contributed by atoms with Crippen LogP contribution in [-0.4, -0.2) is 33.2 Å². The predicted octanol–water partition coefficient (Wildman–Crippen LogP) is 2.61. The molecule has 7 nitrogen and oxygen atoms in total. The average Bonchev–Trinajstić information content (AvgIpc) is 3.14. The van der Waals surface area contributed by atoms with E-state index in [4.69, 9.17) is 4.42 Å². The van der Waals surface area contributed by atoms with Crippen molar-refractivity contribution in [1.29, 1.82) is 0 Å². The summed E-state index contributed by atoms with van der Waals surface area (Å²) in [7, 11) is 1.73. The Hall–Kier alpha value is -2.70. The van der Waals surface area contributed by atoms with Crippen molar-refractivity contribution in [3.05, 3.63) is 41.6 Å². The van der Waals surface area contributed by atoms with Crippen molar-refractivity contribution in [2.45, 2.75) is 26.3 Å². The molecule has 2 heterocycles. The summed E-state index contributed by atoms with van der Waals surface area (Å²) in [6.45, 7) is 4.36. The van der Waals surface area contributed by atoms with E-state index in [2.05, 4.69) is 19.9 Å². The lowest BCUT2D eigenvalue weighted by Crippen LogP contribution is -2.27. The van der Waals surface area contributed by atoms with Crippen molar-refractivity contribution in [2.24, 2.45) is 0 Å². The number of carbonyl (C=O) groups is 1. The minimum Gasteiger partial charge on any atom is -0.447 e. The Morgan fingerprint density at radius 2 is 2.05 bits per heavy atom. The number of hydrogen-bond acceptors (Lipinski definition) is 6. The molecule has 114 valence electrons. The number of aromatic nitrogens is 3. The second kappa shape index (κ2) is 5.59. The highest BCUT2D eigenvalue weighted by molar-refractivity contribution is 5.93. The monoisotopic (exact) mass is 300 g/mol. The van der Waals surface area contributed by atoms with Gasteiger partial charge in [0.05, 0.1) is 0 Å². The summed E-state index contributed by atoms with van der Waals surface area (Å²) in [6, 6.07) is 5.55. The van der Waals surface area contributed by atoms with Crippen LogP contribution in [0.2, 0.25) is 0 Å². The topological polar surface area (TPSA) is 85.3 Å². The van der Waals surface area contributed by atoms with Gasteiger partial charge < -0.3 is 9.32 Å². The molecule has 3 aromatic rings. The lowest BCUT2D eigenvalue weighted by atomic mass is 10.1. The van der Waals surface area contributed by atoms with Gasteiger partial charge in [0.2, 0.25) is 0 Å². The van der Waals surface area contributed by atoms with Crippen LogP contribution in [0.15, 0.2) is 33.6 Å². The number of carbonyl (C=O) groups excluding carboxylic acids is 1. The van der Waals surface area contributed by atoms with E-state index >= 15 is 0 Å². The summed E-state index contributed by atoms with van der Waals surface area (Å²) >= 11 is 0. The summed E-state index contributed by atoms with van der Waals surface area (Å²) in [5, 5.41) is 7.56. The van der Waals surface area contributed by atoms with Crippen molar-refractivity contribution < 1.29 is 13.8 Å². The SMILES string of the molecule is CC(C)c1ocnc1C(=O)N(C)Cc1ccc2nonc2c1. The standard InChI is InChI=1S/C15H16N4O3/c1-9(2)14-13(16-8-21-14)15(20)19(3)7-10-4-5-11-12(6-10)18-22-17-11/h4-6,8-9H,7H2,1-3H3. The lowest BCUT2D eigenvalue weighted by molar-refractivity contribution is 0.0777. The van der Waals surface area contributed by atoms with Gasteiger partial charge in [-0.1, -0.05) is 19.9 Å². The van der Waals surface area contributed by atoms with Gasteiger partial charge in [0.15, 0.2) is 12.1 Å². The molecule has 0 unspecified atom stereocenters. The third-order valence-electron chi connectivity index (χ3n) is 3.41. The molecule has 1 amide bonds. The first-order valence-corrected chi connectivity index (χ1v) is 6.96. The molecular formula is C15H16N4O3. The first kappa shape index (κ1) is 14.2. The van der Waals surface area contributed by atoms with Gasteiger partial charge in [0, 0.05) is 19.5 Å². The molecule has 0 fully saturated rings. The normalized spacial score (nSPS) is 11.3.